The largest absolute Gasteiger partial charge is 0.315 e. The Bertz CT molecular complexity index is 489. The molecule has 0 radical (unpaired) electrons. The van der Waals surface area contributed by atoms with Crippen LogP contribution in [-0.2, 0) is 6.54 Å². The lowest BCUT2D eigenvalue weighted by Crippen LogP contribution is -2.33. The molecule has 96 valence electrons. The summed E-state index contributed by atoms with van der Waals surface area (Å²) in [5.74, 6) is 0. The summed E-state index contributed by atoms with van der Waals surface area (Å²) in [6, 6.07) is 9.05. The fourth-order valence-corrected chi connectivity index (χ4v) is 3.45. The second-order valence-electron chi connectivity index (χ2n) is 4.93. The third kappa shape index (κ3) is 2.55. The Balaban J connectivity index is 1.78. The van der Waals surface area contributed by atoms with Crippen molar-refractivity contribution in [2.45, 2.75) is 25.9 Å². The molecule has 18 heavy (non-hydrogen) atoms. The Morgan fingerprint density at radius 2 is 2.28 bits per heavy atom. The van der Waals surface area contributed by atoms with Crippen molar-refractivity contribution in [1.29, 1.82) is 0 Å². The number of rotatable bonds is 2. The van der Waals surface area contributed by atoms with Crippen LogP contribution in [0.2, 0.25) is 0 Å². The molecule has 0 saturated carbocycles. The average molecular weight is 261 g/mol. The molecule has 1 unspecified atom stereocenters. The Labute approximate surface area is 112 Å². The summed E-state index contributed by atoms with van der Waals surface area (Å²) in [6.45, 7) is 6.66. The SMILES string of the molecule is CC1CCNCCN1Cc1nc2ccccc2s1. The number of nitrogens with one attached hydrogen (secondary N) is 1. The van der Waals surface area contributed by atoms with Crippen LogP contribution in [0.25, 0.3) is 10.2 Å². The Hall–Kier alpha value is -0.970. The summed E-state index contributed by atoms with van der Waals surface area (Å²) in [5.41, 5.74) is 1.14. The fraction of sp³-hybridized carbons (Fsp3) is 0.500. The molecule has 2 heterocycles. The number of hydrogen-bond donors (Lipinski definition) is 1. The maximum absolute atomic E-state index is 4.73. The van der Waals surface area contributed by atoms with E-state index in [-0.39, 0.29) is 0 Å². The van der Waals surface area contributed by atoms with E-state index in [4.69, 9.17) is 4.98 Å². The molecule has 2 aromatic rings. The first-order valence-corrected chi connectivity index (χ1v) is 7.44. The van der Waals surface area contributed by atoms with Gasteiger partial charge in [0, 0.05) is 19.1 Å². The first-order valence-electron chi connectivity index (χ1n) is 6.62. The predicted molar refractivity (Wildman–Crippen MR) is 77.0 cm³/mol. The second-order valence-corrected chi connectivity index (χ2v) is 6.05. The van der Waals surface area contributed by atoms with Crippen LogP contribution in [0.1, 0.15) is 18.4 Å². The van der Waals surface area contributed by atoms with Crippen LogP contribution in [0.3, 0.4) is 0 Å². The smallest absolute Gasteiger partial charge is 0.108 e. The van der Waals surface area contributed by atoms with Gasteiger partial charge < -0.3 is 5.32 Å². The van der Waals surface area contributed by atoms with Crippen LogP contribution < -0.4 is 5.32 Å². The molecule has 1 aromatic carbocycles. The zero-order valence-corrected chi connectivity index (χ0v) is 11.5. The van der Waals surface area contributed by atoms with Gasteiger partial charge in [0.05, 0.1) is 16.8 Å². The summed E-state index contributed by atoms with van der Waals surface area (Å²) in [4.78, 5) is 7.27. The molecule has 3 nitrogen and oxygen atoms in total. The normalized spacial score (nSPS) is 22.2. The van der Waals surface area contributed by atoms with Gasteiger partial charge in [0.15, 0.2) is 0 Å². The van der Waals surface area contributed by atoms with Crippen molar-refractivity contribution in [3.05, 3.63) is 29.3 Å². The van der Waals surface area contributed by atoms with Crippen molar-refractivity contribution in [3.8, 4) is 0 Å². The van der Waals surface area contributed by atoms with E-state index in [1.165, 1.54) is 16.1 Å². The number of benzene rings is 1. The molecule has 1 atom stereocenters. The summed E-state index contributed by atoms with van der Waals surface area (Å²) >= 11 is 1.83. The summed E-state index contributed by atoms with van der Waals surface area (Å²) in [7, 11) is 0. The first-order chi connectivity index (χ1) is 8.83. The van der Waals surface area contributed by atoms with E-state index in [0.717, 1.165) is 31.7 Å². The van der Waals surface area contributed by atoms with E-state index in [1.807, 2.05) is 11.3 Å². The number of aromatic nitrogens is 1. The minimum atomic E-state index is 0.645. The highest BCUT2D eigenvalue weighted by Gasteiger charge is 2.18. The highest BCUT2D eigenvalue weighted by atomic mass is 32.1. The molecule has 1 fully saturated rings. The van der Waals surface area contributed by atoms with Crippen LogP contribution in [-0.4, -0.2) is 35.6 Å². The summed E-state index contributed by atoms with van der Waals surface area (Å²) in [5, 5.41) is 4.70. The molecule has 0 bridgehead atoms. The third-order valence-corrected chi connectivity index (χ3v) is 4.64. The molecule has 1 saturated heterocycles. The highest BCUT2D eigenvalue weighted by Crippen LogP contribution is 2.23. The van der Waals surface area contributed by atoms with E-state index in [9.17, 15) is 0 Å². The predicted octanol–water partition coefficient (Wildman–Crippen LogP) is 2.48. The molecule has 1 N–H and O–H groups in total. The van der Waals surface area contributed by atoms with Crippen LogP contribution in [0.15, 0.2) is 24.3 Å². The van der Waals surface area contributed by atoms with Crippen LogP contribution in [0, 0.1) is 0 Å². The third-order valence-electron chi connectivity index (χ3n) is 3.61. The minimum absolute atomic E-state index is 0.645. The average Bonchev–Trinajstić information content (AvgIpc) is 2.68. The number of nitrogens with zero attached hydrogens (tertiary/aromatic N) is 2. The number of para-hydroxylation sites is 1. The lowest BCUT2D eigenvalue weighted by atomic mass is 10.2. The van der Waals surface area contributed by atoms with Gasteiger partial charge in [-0.05, 0) is 32.0 Å². The van der Waals surface area contributed by atoms with Crippen molar-refractivity contribution in [2.75, 3.05) is 19.6 Å². The molecule has 0 spiro atoms. The number of thiazole rings is 1. The standard InChI is InChI=1S/C14H19N3S/c1-11-6-7-15-8-9-17(11)10-14-16-12-4-2-3-5-13(12)18-14/h2-5,11,15H,6-10H2,1H3. The van der Waals surface area contributed by atoms with Gasteiger partial charge in [0.1, 0.15) is 5.01 Å². The van der Waals surface area contributed by atoms with Gasteiger partial charge in [-0.15, -0.1) is 11.3 Å². The molecule has 1 aromatic heterocycles. The topological polar surface area (TPSA) is 28.2 Å². The van der Waals surface area contributed by atoms with Crippen LogP contribution in [0.5, 0.6) is 0 Å². The first kappa shape index (κ1) is 12.1. The zero-order valence-electron chi connectivity index (χ0n) is 10.7. The zero-order chi connectivity index (χ0) is 12.4. The summed E-state index contributed by atoms with van der Waals surface area (Å²) < 4.78 is 1.30. The molecular weight excluding hydrogens is 242 g/mol. The Morgan fingerprint density at radius 3 is 3.17 bits per heavy atom. The van der Waals surface area contributed by atoms with Crippen molar-refractivity contribution in [3.63, 3.8) is 0 Å². The lowest BCUT2D eigenvalue weighted by Gasteiger charge is -2.25. The van der Waals surface area contributed by atoms with Gasteiger partial charge in [0.25, 0.3) is 0 Å². The van der Waals surface area contributed by atoms with E-state index in [2.05, 4.69) is 41.4 Å². The van der Waals surface area contributed by atoms with Gasteiger partial charge in [-0.2, -0.15) is 0 Å². The van der Waals surface area contributed by atoms with E-state index in [0.29, 0.717) is 6.04 Å². The Kier molecular flexibility index (Phi) is 3.59. The van der Waals surface area contributed by atoms with Crippen molar-refractivity contribution >= 4 is 21.6 Å². The monoisotopic (exact) mass is 261 g/mol. The molecule has 3 rings (SSSR count). The van der Waals surface area contributed by atoms with E-state index in [1.54, 1.807) is 0 Å². The molecule has 0 amide bonds. The Morgan fingerprint density at radius 1 is 1.39 bits per heavy atom. The second kappa shape index (κ2) is 5.34. The van der Waals surface area contributed by atoms with Crippen molar-refractivity contribution in [1.82, 2.24) is 15.2 Å². The van der Waals surface area contributed by atoms with Crippen LogP contribution >= 0.6 is 11.3 Å². The van der Waals surface area contributed by atoms with Gasteiger partial charge in [-0.1, -0.05) is 12.1 Å². The fourth-order valence-electron chi connectivity index (χ4n) is 2.46. The lowest BCUT2D eigenvalue weighted by molar-refractivity contribution is 0.211. The number of fused-ring (bicyclic) bond motifs is 1. The van der Waals surface area contributed by atoms with Gasteiger partial charge in [-0.25, -0.2) is 4.98 Å². The van der Waals surface area contributed by atoms with Crippen molar-refractivity contribution < 1.29 is 0 Å². The highest BCUT2D eigenvalue weighted by molar-refractivity contribution is 7.18. The van der Waals surface area contributed by atoms with Gasteiger partial charge in [-0.3, -0.25) is 4.90 Å². The maximum atomic E-state index is 4.73. The maximum Gasteiger partial charge on any atom is 0.108 e. The van der Waals surface area contributed by atoms with E-state index < -0.39 is 0 Å². The minimum Gasteiger partial charge on any atom is -0.315 e. The van der Waals surface area contributed by atoms with Gasteiger partial charge in [0.2, 0.25) is 0 Å². The number of hydrogen-bond acceptors (Lipinski definition) is 4. The van der Waals surface area contributed by atoms with E-state index >= 15 is 0 Å². The van der Waals surface area contributed by atoms with Crippen LogP contribution in [0.4, 0.5) is 0 Å². The summed E-state index contributed by atoms with van der Waals surface area (Å²) in [6.07, 6.45) is 1.23. The quantitative estimate of drug-likeness (QED) is 0.900. The molecule has 4 heteroatoms. The molecule has 1 aliphatic rings. The molecule has 1 aliphatic heterocycles. The van der Waals surface area contributed by atoms with Gasteiger partial charge >= 0.3 is 0 Å². The molecule has 0 aliphatic carbocycles. The van der Waals surface area contributed by atoms with Crippen molar-refractivity contribution in [2.24, 2.45) is 0 Å². The molecular formula is C14H19N3S.